The summed E-state index contributed by atoms with van der Waals surface area (Å²) in [5.41, 5.74) is 1.92. The first-order valence-electron chi connectivity index (χ1n) is 11.5. The molecule has 0 aromatic carbocycles. The largest absolute Gasteiger partial charge is 0.474 e. The SMILES string of the molecule is CC1(C)CN(c2nccc3oc(-c4cnc5ccc(OCC6CCC(=O)N6)nn45)cc23)CCO1. The Hall–Kier alpha value is -3.66. The molecule has 34 heavy (non-hydrogen) atoms. The van der Waals surface area contributed by atoms with E-state index >= 15 is 0 Å². The Bertz CT molecular complexity index is 1380. The van der Waals surface area contributed by atoms with Crippen LogP contribution in [0.4, 0.5) is 5.82 Å². The molecule has 4 aromatic rings. The van der Waals surface area contributed by atoms with Crippen molar-refractivity contribution in [2.45, 2.75) is 38.3 Å². The highest BCUT2D eigenvalue weighted by molar-refractivity contribution is 5.92. The van der Waals surface area contributed by atoms with Crippen LogP contribution >= 0.6 is 0 Å². The fourth-order valence-corrected chi connectivity index (χ4v) is 4.61. The Labute approximate surface area is 195 Å². The Kier molecular flexibility index (Phi) is 4.91. The van der Waals surface area contributed by atoms with Gasteiger partial charge in [0.25, 0.3) is 0 Å². The lowest BCUT2D eigenvalue weighted by atomic mass is 10.1. The molecule has 0 aliphatic carbocycles. The molecule has 0 spiro atoms. The molecule has 0 bridgehead atoms. The van der Waals surface area contributed by atoms with E-state index in [0.29, 0.717) is 36.9 Å². The van der Waals surface area contributed by atoms with E-state index in [0.717, 1.165) is 42.0 Å². The number of imidazole rings is 1. The molecule has 6 rings (SSSR count). The third-order valence-electron chi connectivity index (χ3n) is 6.26. The molecule has 10 heteroatoms. The van der Waals surface area contributed by atoms with Gasteiger partial charge in [0.2, 0.25) is 11.8 Å². The molecule has 0 saturated carbocycles. The molecule has 2 aliphatic rings. The lowest BCUT2D eigenvalue weighted by Crippen LogP contribution is -2.48. The number of nitrogens with one attached hydrogen (secondary N) is 1. The first-order valence-corrected chi connectivity index (χ1v) is 11.5. The summed E-state index contributed by atoms with van der Waals surface area (Å²) in [6, 6.07) is 7.51. The molecular weight excluding hydrogens is 436 g/mol. The van der Waals surface area contributed by atoms with Crippen LogP contribution in [0.3, 0.4) is 0 Å². The van der Waals surface area contributed by atoms with Crippen molar-refractivity contribution in [1.82, 2.24) is 24.9 Å². The van der Waals surface area contributed by atoms with Crippen molar-refractivity contribution in [3.63, 3.8) is 0 Å². The molecule has 2 fully saturated rings. The van der Waals surface area contributed by atoms with E-state index in [1.165, 1.54) is 0 Å². The summed E-state index contributed by atoms with van der Waals surface area (Å²) in [4.78, 5) is 22.8. The van der Waals surface area contributed by atoms with Gasteiger partial charge in [0.1, 0.15) is 23.7 Å². The number of nitrogens with zero attached hydrogens (tertiary/aromatic N) is 5. The Balaban J connectivity index is 1.31. The molecule has 10 nitrogen and oxygen atoms in total. The van der Waals surface area contributed by atoms with Crippen LogP contribution in [0.2, 0.25) is 0 Å². The number of carbonyl (C=O) groups is 1. The molecule has 2 saturated heterocycles. The van der Waals surface area contributed by atoms with Crippen molar-refractivity contribution in [3.8, 4) is 17.3 Å². The number of furan rings is 1. The number of anilines is 1. The molecule has 1 atom stereocenters. The van der Waals surface area contributed by atoms with Crippen LogP contribution in [0.5, 0.6) is 5.88 Å². The minimum atomic E-state index is -0.238. The van der Waals surface area contributed by atoms with Crippen molar-refractivity contribution in [2.24, 2.45) is 0 Å². The second kappa shape index (κ2) is 7.98. The van der Waals surface area contributed by atoms with Gasteiger partial charge in [-0.1, -0.05) is 0 Å². The van der Waals surface area contributed by atoms with Crippen LogP contribution in [0.25, 0.3) is 28.1 Å². The van der Waals surface area contributed by atoms with Gasteiger partial charge in [-0.05, 0) is 38.5 Å². The van der Waals surface area contributed by atoms with E-state index in [4.69, 9.17) is 13.9 Å². The van der Waals surface area contributed by atoms with E-state index in [2.05, 4.69) is 39.1 Å². The second-order valence-corrected chi connectivity index (χ2v) is 9.39. The van der Waals surface area contributed by atoms with E-state index in [1.54, 1.807) is 23.0 Å². The maximum atomic E-state index is 11.4. The van der Waals surface area contributed by atoms with Gasteiger partial charge in [0.05, 0.1) is 29.8 Å². The van der Waals surface area contributed by atoms with Crippen molar-refractivity contribution >= 4 is 28.3 Å². The number of morpholine rings is 1. The van der Waals surface area contributed by atoms with E-state index in [9.17, 15) is 4.79 Å². The summed E-state index contributed by atoms with van der Waals surface area (Å²) < 4.78 is 19.6. The average Bonchev–Trinajstić information content (AvgIpc) is 3.54. The summed E-state index contributed by atoms with van der Waals surface area (Å²) in [7, 11) is 0. The fraction of sp³-hybridized carbons (Fsp3) is 0.417. The lowest BCUT2D eigenvalue weighted by Gasteiger charge is -2.38. The molecule has 0 radical (unpaired) electrons. The summed E-state index contributed by atoms with van der Waals surface area (Å²) >= 11 is 0. The third kappa shape index (κ3) is 3.83. The van der Waals surface area contributed by atoms with Crippen molar-refractivity contribution in [2.75, 3.05) is 31.2 Å². The predicted molar refractivity (Wildman–Crippen MR) is 125 cm³/mol. The predicted octanol–water partition coefficient (Wildman–Crippen LogP) is 2.81. The highest BCUT2D eigenvalue weighted by Gasteiger charge is 2.29. The standard InChI is InChI=1S/C24H26N6O4/c1-24(2)14-29(9-10-33-24)23-16-11-19(34-18(16)7-8-25-23)17-12-26-20-4-6-22(28-30(17)20)32-13-15-3-5-21(31)27-15/h4,6-8,11-12,15H,3,5,9-10,13-14H2,1-2H3,(H,27,31). The maximum Gasteiger partial charge on any atom is 0.231 e. The van der Waals surface area contributed by atoms with Gasteiger partial charge in [0, 0.05) is 31.8 Å². The number of ether oxygens (including phenoxy) is 2. The van der Waals surface area contributed by atoms with E-state index < -0.39 is 0 Å². The average molecular weight is 463 g/mol. The first-order chi connectivity index (χ1) is 16.4. The Morgan fingerprint density at radius 2 is 2.18 bits per heavy atom. The van der Waals surface area contributed by atoms with Crippen LogP contribution in [0.1, 0.15) is 26.7 Å². The van der Waals surface area contributed by atoms with Crippen molar-refractivity contribution in [1.29, 1.82) is 0 Å². The van der Waals surface area contributed by atoms with Crippen LogP contribution in [0.15, 0.2) is 41.1 Å². The van der Waals surface area contributed by atoms with Crippen LogP contribution in [0, 0.1) is 0 Å². The van der Waals surface area contributed by atoms with Crippen molar-refractivity contribution in [3.05, 3.63) is 36.7 Å². The summed E-state index contributed by atoms with van der Waals surface area (Å²) in [6.07, 6.45) is 4.82. The van der Waals surface area contributed by atoms with E-state index in [1.807, 2.05) is 18.2 Å². The Morgan fingerprint density at radius 3 is 3.00 bits per heavy atom. The maximum absolute atomic E-state index is 11.4. The number of hydrogen-bond acceptors (Lipinski definition) is 8. The summed E-state index contributed by atoms with van der Waals surface area (Å²) in [6.45, 7) is 6.73. The number of hydrogen-bond donors (Lipinski definition) is 1. The molecule has 1 unspecified atom stereocenters. The Morgan fingerprint density at radius 1 is 1.26 bits per heavy atom. The molecule has 1 N–H and O–H groups in total. The normalized spacial score (nSPS) is 20.2. The smallest absolute Gasteiger partial charge is 0.231 e. The zero-order valence-electron chi connectivity index (χ0n) is 19.2. The molecular formula is C24H26N6O4. The van der Waals surface area contributed by atoms with Gasteiger partial charge in [-0.25, -0.2) is 14.5 Å². The van der Waals surface area contributed by atoms with Crippen LogP contribution in [-0.4, -0.2) is 63.4 Å². The minimum absolute atomic E-state index is 0.0127. The quantitative estimate of drug-likeness (QED) is 0.483. The van der Waals surface area contributed by atoms with Crippen LogP contribution in [-0.2, 0) is 9.53 Å². The highest BCUT2D eigenvalue weighted by Crippen LogP contribution is 2.34. The molecule has 6 heterocycles. The zero-order valence-corrected chi connectivity index (χ0v) is 19.2. The third-order valence-corrected chi connectivity index (χ3v) is 6.26. The van der Waals surface area contributed by atoms with Gasteiger partial charge in [-0.15, -0.1) is 5.10 Å². The number of rotatable bonds is 5. The van der Waals surface area contributed by atoms with E-state index in [-0.39, 0.29) is 17.6 Å². The van der Waals surface area contributed by atoms with Gasteiger partial charge < -0.3 is 24.1 Å². The number of pyridine rings is 1. The first kappa shape index (κ1) is 20.9. The topological polar surface area (TPSA) is 107 Å². The molecule has 176 valence electrons. The fourth-order valence-electron chi connectivity index (χ4n) is 4.61. The number of aromatic nitrogens is 4. The molecule has 2 aliphatic heterocycles. The summed E-state index contributed by atoms with van der Waals surface area (Å²) in [5, 5.41) is 8.45. The van der Waals surface area contributed by atoms with Gasteiger partial charge in [0.15, 0.2) is 11.4 Å². The number of carbonyl (C=O) groups excluding carboxylic acids is 1. The molecule has 4 aromatic heterocycles. The second-order valence-electron chi connectivity index (χ2n) is 9.39. The van der Waals surface area contributed by atoms with Crippen LogP contribution < -0.4 is 15.0 Å². The summed E-state index contributed by atoms with van der Waals surface area (Å²) in [5.74, 6) is 2.06. The van der Waals surface area contributed by atoms with Crippen molar-refractivity contribution < 1.29 is 18.7 Å². The monoisotopic (exact) mass is 462 g/mol. The highest BCUT2D eigenvalue weighted by atomic mass is 16.5. The number of fused-ring (bicyclic) bond motifs is 2. The molecule has 1 amide bonds. The minimum Gasteiger partial charge on any atom is -0.474 e. The zero-order chi connectivity index (χ0) is 23.3. The number of amides is 1. The van der Waals surface area contributed by atoms with Gasteiger partial charge in [-0.3, -0.25) is 4.79 Å². The lowest BCUT2D eigenvalue weighted by molar-refractivity contribution is -0.119. The van der Waals surface area contributed by atoms with Gasteiger partial charge >= 0.3 is 0 Å². The van der Waals surface area contributed by atoms with Gasteiger partial charge in [-0.2, -0.15) is 0 Å².